The fraction of sp³-hybridized carbons (Fsp3) is 0.471. The van der Waals surface area contributed by atoms with E-state index in [9.17, 15) is 5.11 Å². The van der Waals surface area contributed by atoms with Crippen molar-refractivity contribution in [2.45, 2.75) is 39.7 Å². The zero-order valence-electron chi connectivity index (χ0n) is 13.5. The Bertz CT molecular complexity index is 632. The quantitative estimate of drug-likeness (QED) is 0.919. The smallest absolute Gasteiger partial charge is 0.122 e. The molecule has 4 nitrogen and oxygen atoms in total. The first-order valence-electron chi connectivity index (χ1n) is 7.23. The summed E-state index contributed by atoms with van der Waals surface area (Å²) in [5.74, 6) is 0.833. The van der Waals surface area contributed by atoms with E-state index in [-0.39, 0.29) is 0 Å². The number of methoxy groups -OCH3 is 1. The van der Waals surface area contributed by atoms with Crippen molar-refractivity contribution in [3.05, 3.63) is 46.3 Å². The van der Waals surface area contributed by atoms with Gasteiger partial charge in [-0.15, -0.1) is 0 Å². The van der Waals surface area contributed by atoms with Crippen LogP contribution >= 0.6 is 0 Å². The molecule has 0 bridgehead atoms. The third-order valence-corrected chi connectivity index (χ3v) is 3.99. The fourth-order valence-corrected chi connectivity index (χ4v) is 2.74. The molecule has 1 N–H and O–H groups in total. The summed E-state index contributed by atoms with van der Waals surface area (Å²) in [5, 5.41) is 14.8. The van der Waals surface area contributed by atoms with E-state index < -0.39 is 6.10 Å². The minimum Gasteiger partial charge on any atom is -0.496 e. The summed E-state index contributed by atoms with van der Waals surface area (Å²) in [6, 6.07) is 6.05. The lowest BCUT2D eigenvalue weighted by Gasteiger charge is -2.14. The van der Waals surface area contributed by atoms with Crippen LogP contribution in [0, 0.1) is 20.8 Å². The monoisotopic (exact) mass is 288 g/mol. The van der Waals surface area contributed by atoms with Gasteiger partial charge >= 0.3 is 0 Å². The van der Waals surface area contributed by atoms with Crippen LogP contribution in [0.3, 0.4) is 0 Å². The van der Waals surface area contributed by atoms with Gasteiger partial charge in [0.15, 0.2) is 0 Å². The molecular weight excluding hydrogens is 264 g/mol. The summed E-state index contributed by atoms with van der Waals surface area (Å²) in [7, 11) is 3.59. The van der Waals surface area contributed by atoms with Gasteiger partial charge in [0.2, 0.25) is 0 Å². The molecule has 114 valence electrons. The molecule has 0 amide bonds. The molecule has 0 aliphatic carbocycles. The van der Waals surface area contributed by atoms with E-state index in [1.54, 1.807) is 7.11 Å². The molecular formula is C17H24N2O2. The largest absolute Gasteiger partial charge is 0.496 e. The Kier molecular flexibility index (Phi) is 4.68. The van der Waals surface area contributed by atoms with Crippen molar-refractivity contribution >= 4 is 0 Å². The van der Waals surface area contributed by atoms with E-state index in [0.717, 1.165) is 28.3 Å². The van der Waals surface area contributed by atoms with Gasteiger partial charge in [-0.25, -0.2) is 0 Å². The lowest BCUT2D eigenvalue weighted by molar-refractivity contribution is 0.174. The van der Waals surface area contributed by atoms with Gasteiger partial charge in [-0.05, 0) is 38.0 Å². The summed E-state index contributed by atoms with van der Waals surface area (Å²) in [4.78, 5) is 0. The maximum absolute atomic E-state index is 10.4. The second kappa shape index (κ2) is 6.31. The zero-order valence-corrected chi connectivity index (χ0v) is 13.5. The molecule has 0 aliphatic rings. The van der Waals surface area contributed by atoms with Gasteiger partial charge in [-0.2, -0.15) is 5.10 Å². The number of hydrogen-bond acceptors (Lipinski definition) is 3. The first-order valence-corrected chi connectivity index (χ1v) is 7.23. The summed E-state index contributed by atoms with van der Waals surface area (Å²) in [5.41, 5.74) is 5.46. The number of nitrogens with zero attached hydrogens (tertiary/aromatic N) is 2. The number of benzene rings is 1. The number of aryl methyl sites for hydroxylation is 3. The normalized spacial score (nSPS) is 12.5. The van der Waals surface area contributed by atoms with Gasteiger partial charge in [0.05, 0.1) is 18.9 Å². The van der Waals surface area contributed by atoms with Crippen LogP contribution in [0.4, 0.5) is 0 Å². The summed E-state index contributed by atoms with van der Waals surface area (Å²) in [6.45, 7) is 6.07. The molecule has 2 aromatic rings. The summed E-state index contributed by atoms with van der Waals surface area (Å²) >= 11 is 0. The average Bonchev–Trinajstić information content (AvgIpc) is 2.66. The molecule has 4 heteroatoms. The van der Waals surface area contributed by atoms with Gasteiger partial charge in [0, 0.05) is 25.6 Å². The van der Waals surface area contributed by atoms with E-state index in [1.807, 2.05) is 44.6 Å². The van der Waals surface area contributed by atoms with Crippen LogP contribution in [0.2, 0.25) is 0 Å². The van der Waals surface area contributed by atoms with Crippen LogP contribution in [0.15, 0.2) is 18.2 Å². The van der Waals surface area contributed by atoms with Gasteiger partial charge in [-0.1, -0.05) is 17.7 Å². The number of hydrogen-bond donors (Lipinski definition) is 1. The maximum Gasteiger partial charge on any atom is 0.122 e. The average molecular weight is 288 g/mol. The van der Waals surface area contributed by atoms with Crippen LogP contribution in [-0.2, 0) is 19.9 Å². The van der Waals surface area contributed by atoms with Crippen LogP contribution < -0.4 is 4.74 Å². The predicted molar refractivity (Wildman–Crippen MR) is 83.8 cm³/mol. The molecule has 21 heavy (non-hydrogen) atoms. The van der Waals surface area contributed by atoms with Crippen LogP contribution in [-0.4, -0.2) is 28.1 Å². The number of aromatic nitrogens is 2. The van der Waals surface area contributed by atoms with Gasteiger partial charge in [0.25, 0.3) is 0 Å². The molecule has 1 aromatic carbocycles. The first-order chi connectivity index (χ1) is 9.92. The van der Waals surface area contributed by atoms with Crippen molar-refractivity contribution in [2.75, 3.05) is 7.11 Å². The minimum absolute atomic E-state index is 0.442. The number of aliphatic hydroxyl groups excluding tert-OH is 1. The van der Waals surface area contributed by atoms with Crippen molar-refractivity contribution in [1.82, 2.24) is 9.78 Å². The molecule has 0 saturated heterocycles. The Hall–Kier alpha value is -1.81. The number of aliphatic hydroxyl groups is 1. The van der Waals surface area contributed by atoms with Crippen molar-refractivity contribution in [3.8, 4) is 5.75 Å². The molecule has 0 saturated carbocycles. The van der Waals surface area contributed by atoms with E-state index in [1.165, 1.54) is 5.56 Å². The minimum atomic E-state index is -0.442. The fourth-order valence-electron chi connectivity index (χ4n) is 2.74. The molecule has 0 spiro atoms. The molecule has 0 aliphatic heterocycles. The summed E-state index contributed by atoms with van der Waals surface area (Å²) in [6.07, 6.45) is 0.753. The van der Waals surface area contributed by atoms with Crippen molar-refractivity contribution in [1.29, 1.82) is 0 Å². The highest BCUT2D eigenvalue weighted by Crippen LogP contribution is 2.23. The third kappa shape index (κ3) is 3.45. The van der Waals surface area contributed by atoms with Crippen LogP contribution in [0.5, 0.6) is 5.75 Å². The van der Waals surface area contributed by atoms with Gasteiger partial charge < -0.3 is 9.84 Å². The SMILES string of the molecule is COc1ccc(C)cc1CC(O)Cc1c(C)nn(C)c1C. The molecule has 1 heterocycles. The van der Waals surface area contributed by atoms with E-state index >= 15 is 0 Å². The molecule has 1 unspecified atom stereocenters. The molecule has 0 fully saturated rings. The second-order valence-corrected chi connectivity index (χ2v) is 5.65. The molecule has 1 atom stereocenters. The molecule has 1 aromatic heterocycles. The first kappa shape index (κ1) is 15.6. The lowest BCUT2D eigenvalue weighted by atomic mass is 9.98. The van der Waals surface area contributed by atoms with E-state index in [0.29, 0.717) is 12.8 Å². The predicted octanol–water partition coefficient (Wildman–Crippen LogP) is 2.50. The van der Waals surface area contributed by atoms with E-state index in [2.05, 4.69) is 11.2 Å². The van der Waals surface area contributed by atoms with Crippen molar-refractivity contribution < 1.29 is 9.84 Å². The molecule has 2 rings (SSSR count). The number of rotatable bonds is 5. The van der Waals surface area contributed by atoms with E-state index in [4.69, 9.17) is 4.74 Å². The zero-order chi connectivity index (χ0) is 15.6. The van der Waals surface area contributed by atoms with Crippen LogP contribution in [0.25, 0.3) is 0 Å². The highest BCUT2D eigenvalue weighted by molar-refractivity contribution is 5.37. The lowest BCUT2D eigenvalue weighted by Crippen LogP contribution is -2.15. The highest BCUT2D eigenvalue weighted by atomic mass is 16.5. The Balaban J connectivity index is 2.15. The topological polar surface area (TPSA) is 47.3 Å². The molecule has 0 radical (unpaired) electrons. The van der Waals surface area contributed by atoms with Crippen molar-refractivity contribution in [2.24, 2.45) is 7.05 Å². The third-order valence-electron chi connectivity index (χ3n) is 3.99. The summed E-state index contributed by atoms with van der Waals surface area (Å²) < 4.78 is 7.24. The van der Waals surface area contributed by atoms with Crippen LogP contribution in [0.1, 0.15) is 28.1 Å². The van der Waals surface area contributed by atoms with Crippen molar-refractivity contribution in [3.63, 3.8) is 0 Å². The number of ether oxygens (including phenoxy) is 1. The van der Waals surface area contributed by atoms with Gasteiger partial charge in [-0.3, -0.25) is 4.68 Å². The highest BCUT2D eigenvalue weighted by Gasteiger charge is 2.16. The van der Waals surface area contributed by atoms with Gasteiger partial charge in [0.1, 0.15) is 5.75 Å². The Morgan fingerprint density at radius 3 is 2.52 bits per heavy atom. The second-order valence-electron chi connectivity index (χ2n) is 5.65. The Morgan fingerprint density at radius 1 is 1.24 bits per heavy atom. The standard InChI is InChI=1S/C17H24N2O2/c1-11-6-7-17(21-5)14(8-11)9-15(20)10-16-12(2)18-19(4)13(16)3/h6-8,15,20H,9-10H2,1-5H3. The Labute approximate surface area is 126 Å². The Morgan fingerprint density at radius 2 is 1.95 bits per heavy atom. The maximum atomic E-state index is 10.4.